The first-order valence-corrected chi connectivity index (χ1v) is 17.0. The molecule has 1 atom stereocenters. The molecule has 0 bridgehead atoms. The summed E-state index contributed by atoms with van der Waals surface area (Å²) in [5.41, 5.74) is 12.8. The fraction of sp³-hybridized carbons (Fsp3) is 0.297. The van der Waals surface area contributed by atoms with Crippen molar-refractivity contribution in [3.05, 3.63) is 130 Å². The third-order valence-corrected chi connectivity index (χ3v) is 13.5. The smallest absolute Gasteiger partial charge is 0.126 e. The summed E-state index contributed by atoms with van der Waals surface area (Å²) in [4.78, 5) is 0. The molecule has 200 valence electrons. The molecule has 5 rings (SSSR count). The monoisotopic (exact) mass is 530 g/mol. The number of ether oxygens (including phenoxy) is 1. The SMILES string of the molecule is C=CCOc1c(C[Si](C)(c2cccc(C)c2C)C2c3ccccc3-c3ccccc32)cc(C)cc1C(C)(C)C. The maximum atomic E-state index is 6.54. The van der Waals surface area contributed by atoms with Gasteiger partial charge >= 0.3 is 0 Å². The van der Waals surface area contributed by atoms with E-state index in [0.29, 0.717) is 12.1 Å². The highest BCUT2D eigenvalue weighted by molar-refractivity contribution is 6.92. The van der Waals surface area contributed by atoms with Gasteiger partial charge in [0, 0.05) is 11.1 Å². The standard InChI is InChI=1S/C37H42OSi/c1-9-21-38-35-28(22-25(2)23-33(35)37(5,6)7)24-39(8,34-20-14-15-26(3)27(34)4)36-31-18-12-10-16-29(31)30-17-11-13-19-32(30)36/h9-20,22-23,36H,1,21,24H2,2-8H3. The fourth-order valence-corrected chi connectivity index (χ4v) is 12.0. The van der Waals surface area contributed by atoms with E-state index in [4.69, 9.17) is 4.74 Å². The van der Waals surface area contributed by atoms with Crippen LogP contribution in [0, 0.1) is 20.8 Å². The zero-order valence-corrected chi connectivity index (χ0v) is 25.7. The van der Waals surface area contributed by atoms with E-state index >= 15 is 0 Å². The molecule has 39 heavy (non-hydrogen) atoms. The second kappa shape index (κ2) is 10.3. The van der Waals surface area contributed by atoms with Crippen molar-refractivity contribution in [3.63, 3.8) is 0 Å². The first kappa shape index (κ1) is 27.2. The van der Waals surface area contributed by atoms with Gasteiger partial charge in [0.25, 0.3) is 0 Å². The van der Waals surface area contributed by atoms with Crippen LogP contribution in [0.25, 0.3) is 11.1 Å². The highest BCUT2D eigenvalue weighted by Crippen LogP contribution is 2.50. The summed E-state index contributed by atoms with van der Waals surface area (Å²) < 4.78 is 6.54. The highest BCUT2D eigenvalue weighted by atomic mass is 28.3. The molecule has 1 nitrogen and oxygen atoms in total. The molecule has 1 unspecified atom stereocenters. The number of fused-ring (bicyclic) bond motifs is 3. The van der Waals surface area contributed by atoms with Gasteiger partial charge in [0.15, 0.2) is 0 Å². The molecule has 0 fully saturated rings. The van der Waals surface area contributed by atoms with E-state index in [1.54, 1.807) is 5.19 Å². The maximum Gasteiger partial charge on any atom is 0.126 e. The Kier molecular flexibility index (Phi) is 7.20. The van der Waals surface area contributed by atoms with Crippen molar-refractivity contribution in [2.24, 2.45) is 0 Å². The largest absolute Gasteiger partial charge is 0.489 e. The van der Waals surface area contributed by atoms with E-state index in [-0.39, 0.29) is 5.41 Å². The van der Waals surface area contributed by atoms with Crippen molar-refractivity contribution in [2.75, 3.05) is 6.61 Å². The Bertz CT molecular complexity index is 1490. The Morgan fingerprint density at radius 3 is 2.05 bits per heavy atom. The molecule has 0 aliphatic heterocycles. The molecule has 0 heterocycles. The van der Waals surface area contributed by atoms with Crippen LogP contribution in [0.15, 0.2) is 91.5 Å². The number of benzene rings is 4. The number of hydrogen-bond acceptors (Lipinski definition) is 1. The van der Waals surface area contributed by atoms with Crippen LogP contribution in [0.1, 0.15) is 65.3 Å². The fourth-order valence-electron chi connectivity index (χ4n) is 6.81. The summed E-state index contributed by atoms with van der Waals surface area (Å²) in [5.74, 6) is 1.05. The maximum absolute atomic E-state index is 6.54. The number of rotatable bonds is 7. The highest BCUT2D eigenvalue weighted by Gasteiger charge is 2.46. The molecular formula is C37H42OSi. The molecule has 0 aromatic heterocycles. The minimum Gasteiger partial charge on any atom is -0.489 e. The molecular weight excluding hydrogens is 488 g/mol. The second-order valence-corrected chi connectivity index (χ2v) is 16.9. The predicted molar refractivity (Wildman–Crippen MR) is 170 cm³/mol. The van der Waals surface area contributed by atoms with Crippen LogP contribution in [0.4, 0.5) is 0 Å². The lowest BCUT2D eigenvalue weighted by Gasteiger charge is -2.38. The van der Waals surface area contributed by atoms with E-state index < -0.39 is 8.07 Å². The molecule has 1 aliphatic carbocycles. The molecule has 1 aliphatic rings. The minimum atomic E-state index is -2.29. The zero-order valence-electron chi connectivity index (χ0n) is 24.7. The van der Waals surface area contributed by atoms with Gasteiger partial charge in [-0.3, -0.25) is 0 Å². The van der Waals surface area contributed by atoms with Crippen molar-refractivity contribution in [1.82, 2.24) is 0 Å². The molecule has 0 N–H and O–H groups in total. The van der Waals surface area contributed by atoms with Crippen LogP contribution >= 0.6 is 0 Å². The molecule has 0 amide bonds. The second-order valence-electron chi connectivity index (χ2n) is 12.6. The van der Waals surface area contributed by atoms with E-state index in [2.05, 4.69) is 134 Å². The van der Waals surface area contributed by atoms with Gasteiger partial charge in [-0.25, -0.2) is 0 Å². The van der Waals surface area contributed by atoms with Crippen molar-refractivity contribution >= 4 is 13.3 Å². The quantitative estimate of drug-likeness (QED) is 0.171. The topological polar surface area (TPSA) is 9.23 Å². The average molecular weight is 531 g/mol. The number of aryl methyl sites for hydroxylation is 2. The van der Waals surface area contributed by atoms with Gasteiger partial charge in [0.05, 0.1) is 0 Å². The minimum absolute atomic E-state index is 0.0267. The molecule has 0 saturated heterocycles. The molecule has 0 saturated carbocycles. The van der Waals surface area contributed by atoms with Crippen LogP contribution in [-0.4, -0.2) is 14.7 Å². The van der Waals surface area contributed by atoms with E-state index in [1.165, 1.54) is 50.1 Å². The Hall–Kier alpha value is -3.36. The first-order chi connectivity index (χ1) is 18.6. The van der Waals surface area contributed by atoms with Gasteiger partial charge in [-0.1, -0.05) is 130 Å². The van der Waals surface area contributed by atoms with Gasteiger partial charge < -0.3 is 4.74 Å². The number of hydrogen-bond donors (Lipinski definition) is 0. The lowest BCUT2D eigenvalue weighted by Crippen LogP contribution is -2.54. The van der Waals surface area contributed by atoms with Crippen LogP contribution in [0.2, 0.25) is 6.55 Å². The van der Waals surface area contributed by atoms with Gasteiger partial charge in [-0.15, -0.1) is 0 Å². The van der Waals surface area contributed by atoms with Gasteiger partial charge in [-0.2, -0.15) is 0 Å². The third-order valence-electron chi connectivity index (χ3n) is 8.71. The molecule has 4 aromatic rings. The first-order valence-electron chi connectivity index (χ1n) is 14.2. The van der Waals surface area contributed by atoms with Crippen LogP contribution in [0.5, 0.6) is 5.75 Å². The van der Waals surface area contributed by atoms with Gasteiger partial charge in [0.1, 0.15) is 20.4 Å². The Labute approximate surface area is 236 Å². The molecule has 0 spiro atoms. The normalized spacial score (nSPS) is 14.4. The van der Waals surface area contributed by atoms with Crippen LogP contribution < -0.4 is 9.92 Å². The summed E-state index contributed by atoms with van der Waals surface area (Å²) in [6.07, 6.45) is 1.86. The summed E-state index contributed by atoms with van der Waals surface area (Å²) in [6, 6.07) is 30.8. The molecule has 2 heteroatoms. The van der Waals surface area contributed by atoms with Crippen molar-refractivity contribution < 1.29 is 4.74 Å². The predicted octanol–water partition coefficient (Wildman–Crippen LogP) is 8.89. The average Bonchev–Trinajstić information content (AvgIpc) is 3.24. The van der Waals surface area contributed by atoms with E-state index in [0.717, 1.165) is 11.8 Å². The van der Waals surface area contributed by atoms with Crippen molar-refractivity contribution in [2.45, 2.75) is 65.1 Å². The summed E-state index contributed by atoms with van der Waals surface area (Å²) >= 11 is 0. The lowest BCUT2D eigenvalue weighted by atomic mass is 9.84. The van der Waals surface area contributed by atoms with Crippen LogP contribution in [0.3, 0.4) is 0 Å². The van der Waals surface area contributed by atoms with Crippen LogP contribution in [-0.2, 0) is 11.5 Å². The molecule has 4 aromatic carbocycles. The Balaban J connectivity index is 1.80. The molecule has 0 radical (unpaired) electrons. The van der Waals surface area contributed by atoms with E-state index in [1.807, 2.05) is 6.08 Å². The summed E-state index contributed by atoms with van der Waals surface area (Å²) in [6.45, 7) is 20.8. The summed E-state index contributed by atoms with van der Waals surface area (Å²) in [5, 5.41) is 1.55. The van der Waals surface area contributed by atoms with Crippen molar-refractivity contribution in [1.29, 1.82) is 0 Å². The lowest BCUT2D eigenvalue weighted by molar-refractivity contribution is 0.348. The third kappa shape index (κ3) is 4.80. The van der Waals surface area contributed by atoms with Gasteiger partial charge in [-0.05, 0) is 71.2 Å². The Morgan fingerprint density at radius 1 is 0.846 bits per heavy atom. The van der Waals surface area contributed by atoms with Crippen molar-refractivity contribution in [3.8, 4) is 16.9 Å². The zero-order chi connectivity index (χ0) is 27.9. The summed E-state index contributed by atoms with van der Waals surface area (Å²) in [7, 11) is -2.29. The van der Waals surface area contributed by atoms with E-state index in [9.17, 15) is 0 Å². The van der Waals surface area contributed by atoms with Gasteiger partial charge in [0.2, 0.25) is 0 Å². The Morgan fingerprint density at radius 2 is 1.46 bits per heavy atom.